The normalized spacial score (nSPS) is 17.9. The van der Waals surface area contributed by atoms with Crippen molar-refractivity contribution in [1.82, 2.24) is 20.1 Å². The molecule has 1 saturated heterocycles. The van der Waals surface area contributed by atoms with Crippen LogP contribution in [0.1, 0.15) is 75.9 Å². The Labute approximate surface area is 221 Å². The Balaban J connectivity index is 1.21. The van der Waals surface area contributed by atoms with Crippen molar-refractivity contribution < 1.29 is 12.9 Å². The SMILES string of the molecule is CC(C)c1noc(C2CCN(c3ncnc4c(-c5ccc(S(=O)(=O)C6CCCC6)cc5)csc34)CC2)n1. The van der Waals surface area contributed by atoms with Crippen LogP contribution < -0.4 is 4.90 Å². The number of thiophene rings is 1. The summed E-state index contributed by atoms with van der Waals surface area (Å²) in [5.41, 5.74) is 2.88. The number of anilines is 1. The van der Waals surface area contributed by atoms with Crippen LogP contribution in [0.3, 0.4) is 0 Å². The van der Waals surface area contributed by atoms with Gasteiger partial charge >= 0.3 is 0 Å². The number of aromatic nitrogens is 4. The van der Waals surface area contributed by atoms with Gasteiger partial charge in [0.05, 0.1) is 20.4 Å². The highest BCUT2D eigenvalue weighted by atomic mass is 32.2. The molecular formula is C27H31N5O3S2. The van der Waals surface area contributed by atoms with Gasteiger partial charge in [-0.25, -0.2) is 18.4 Å². The topological polar surface area (TPSA) is 102 Å². The maximum Gasteiger partial charge on any atom is 0.229 e. The first-order valence-corrected chi connectivity index (χ1v) is 15.5. The summed E-state index contributed by atoms with van der Waals surface area (Å²) in [4.78, 5) is 16.6. The largest absolute Gasteiger partial charge is 0.355 e. The van der Waals surface area contributed by atoms with E-state index >= 15 is 0 Å². The summed E-state index contributed by atoms with van der Waals surface area (Å²) in [6, 6.07) is 7.32. The fourth-order valence-corrected chi connectivity index (χ4v) is 8.37. The van der Waals surface area contributed by atoms with E-state index in [0.717, 1.165) is 90.5 Å². The number of rotatable bonds is 6. The van der Waals surface area contributed by atoms with E-state index < -0.39 is 9.84 Å². The number of nitrogens with zero attached hydrogens (tertiary/aromatic N) is 5. The Kier molecular flexibility index (Phi) is 6.48. The minimum absolute atomic E-state index is 0.239. The molecule has 0 N–H and O–H groups in total. The van der Waals surface area contributed by atoms with Crippen LogP contribution >= 0.6 is 11.3 Å². The molecule has 2 aliphatic rings. The molecule has 37 heavy (non-hydrogen) atoms. The molecule has 2 fully saturated rings. The predicted octanol–water partition coefficient (Wildman–Crippen LogP) is 5.97. The summed E-state index contributed by atoms with van der Waals surface area (Å²) in [5, 5.41) is 5.99. The van der Waals surface area contributed by atoms with Crippen molar-refractivity contribution >= 4 is 37.2 Å². The number of piperidine rings is 1. The lowest BCUT2D eigenvalue weighted by molar-refractivity contribution is 0.326. The molecule has 0 amide bonds. The highest BCUT2D eigenvalue weighted by Gasteiger charge is 2.31. The van der Waals surface area contributed by atoms with Gasteiger partial charge in [-0.15, -0.1) is 11.3 Å². The van der Waals surface area contributed by atoms with E-state index in [4.69, 9.17) is 4.52 Å². The van der Waals surface area contributed by atoms with Crippen LogP contribution in [0.15, 0.2) is 45.4 Å². The van der Waals surface area contributed by atoms with E-state index in [2.05, 4.69) is 44.2 Å². The molecule has 1 saturated carbocycles. The van der Waals surface area contributed by atoms with E-state index in [-0.39, 0.29) is 17.1 Å². The molecule has 3 aromatic heterocycles. The van der Waals surface area contributed by atoms with Crippen molar-refractivity contribution in [3.63, 3.8) is 0 Å². The lowest BCUT2D eigenvalue weighted by Gasteiger charge is -2.31. The maximum absolute atomic E-state index is 13.0. The summed E-state index contributed by atoms with van der Waals surface area (Å²) in [6.45, 7) is 5.85. The zero-order chi connectivity index (χ0) is 25.6. The van der Waals surface area contributed by atoms with Crippen molar-refractivity contribution in [1.29, 1.82) is 0 Å². The molecule has 6 rings (SSSR count). The summed E-state index contributed by atoms with van der Waals surface area (Å²) in [7, 11) is -3.26. The fourth-order valence-electron chi connectivity index (χ4n) is 5.47. The molecule has 1 aliphatic carbocycles. The first-order valence-electron chi connectivity index (χ1n) is 13.1. The molecule has 0 radical (unpaired) electrons. The second-order valence-electron chi connectivity index (χ2n) is 10.4. The van der Waals surface area contributed by atoms with Crippen LogP contribution in [0.4, 0.5) is 5.82 Å². The van der Waals surface area contributed by atoms with Gasteiger partial charge in [0.2, 0.25) is 5.89 Å². The van der Waals surface area contributed by atoms with Gasteiger partial charge in [0.25, 0.3) is 0 Å². The third-order valence-corrected chi connectivity index (χ3v) is 10.9. The Hall–Kier alpha value is -2.85. The molecule has 1 aliphatic heterocycles. The molecule has 10 heteroatoms. The third-order valence-electron chi connectivity index (χ3n) is 7.69. The first kappa shape index (κ1) is 24.5. The number of hydrogen-bond donors (Lipinski definition) is 0. The predicted molar refractivity (Wildman–Crippen MR) is 145 cm³/mol. The fraction of sp³-hybridized carbons (Fsp3) is 0.481. The molecule has 8 nitrogen and oxygen atoms in total. The second-order valence-corrected chi connectivity index (χ2v) is 13.5. The van der Waals surface area contributed by atoms with Gasteiger partial charge in [0.15, 0.2) is 15.7 Å². The Morgan fingerprint density at radius 1 is 1.03 bits per heavy atom. The van der Waals surface area contributed by atoms with E-state index in [1.54, 1.807) is 29.8 Å². The highest BCUT2D eigenvalue weighted by Crippen LogP contribution is 2.39. The molecule has 0 bridgehead atoms. The number of fused-ring (bicyclic) bond motifs is 1. The van der Waals surface area contributed by atoms with Gasteiger partial charge in [-0.2, -0.15) is 4.98 Å². The van der Waals surface area contributed by atoms with Crippen LogP contribution in [0, 0.1) is 0 Å². The van der Waals surface area contributed by atoms with Crippen LogP contribution in [0.2, 0.25) is 0 Å². The van der Waals surface area contributed by atoms with E-state index in [9.17, 15) is 8.42 Å². The summed E-state index contributed by atoms with van der Waals surface area (Å²) in [5.74, 6) is 2.99. The number of sulfone groups is 1. The smallest absolute Gasteiger partial charge is 0.229 e. The average molecular weight is 538 g/mol. The third kappa shape index (κ3) is 4.54. The van der Waals surface area contributed by atoms with Crippen LogP contribution in [0.25, 0.3) is 21.3 Å². The maximum atomic E-state index is 13.0. The summed E-state index contributed by atoms with van der Waals surface area (Å²) in [6.07, 6.45) is 7.03. The van der Waals surface area contributed by atoms with E-state index in [0.29, 0.717) is 4.90 Å². The Bertz CT molecular complexity index is 1500. The van der Waals surface area contributed by atoms with E-state index in [1.807, 2.05) is 12.1 Å². The molecule has 1 aromatic carbocycles. The Morgan fingerprint density at radius 3 is 2.43 bits per heavy atom. The van der Waals surface area contributed by atoms with E-state index in [1.165, 1.54) is 0 Å². The summed E-state index contributed by atoms with van der Waals surface area (Å²) < 4.78 is 32.5. The lowest BCUT2D eigenvalue weighted by atomic mass is 9.96. The van der Waals surface area contributed by atoms with Crippen LogP contribution in [-0.4, -0.2) is 46.9 Å². The molecule has 0 atom stereocenters. The van der Waals surface area contributed by atoms with Gasteiger partial charge < -0.3 is 9.42 Å². The summed E-state index contributed by atoms with van der Waals surface area (Å²) >= 11 is 1.64. The molecular weight excluding hydrogens is 506 g/mol. The zero-order valence-electron chi connectivity index (χ0n) is 21.1. The van der Waals surface area contributed by atoms with Crippen molar-refractivity contribution in [2.24, 2.45) is 0 Å². The molecule has 0 unspecified atom stereocenters. The molecule has 4 heterocycles. The van der Waals surface area contributed by atoms with Gasteiger partial charge in [0, 0.05) is 35.9 Å². The average Bonchev–Trinajstić information content (AvgIpc) is 3.70. The van der Waals surface area contributed by atoms with Gasteiger partial charge in [-0.05, 0) is 43.4 Å². The first-order chi connectivity index (χ1) is 17.9. The van der Waals surface area contributed by atoms with Crippen molar-refractivity contribution in [2.45, 2.75) is 74.4 Å². The minimum atomic E-state index is -3.26. The molecule has 0 spiro atoms. The number of hydrogen-bond acceptors (Lipinski definition) is 9. The molecule has 194 valence electrons. The van der Waals surface area contributed by atoms with Crippen LogP contribution in [-0.2, 0) is 9.84 Å². The lowest BCUT2D eigenvalue weighted by Crippen LogP contribution is -2.33. The van der Waals surface area contributed by atoms with Gasteiger partial charge in [0.1, 0.15) is 12.1 Å². The standard InChI is InChI=1S/C27H31N5O3S2/c1-17(2)25-30-27(35-31-25)19-11-13-32(14-12-19)26-24-23(28-16-29-26)22(15-36-24)18-7-9-21(10-8-18)37(33,34)20-5-3-4-6-20/h7-10,15-17,19-20H,3-6,11-14H2,1-2H3. The van der Waals surface area contributed by atoms with Crippen molar-refractivity contribution in [3.05, 3.63) is 47.7 Å². The van der Waals surface area contributed by atoms with Crippen LogP contribution in [0.5, 0.6) is 0 Å². The zero-order valence-corrected chi connectivity index (χ0v) is 22.8. The minimum Gasteiger partial charge on any atom is -0.355 e. The van der Waals surface area contributed by atoms with Gasteiger partial charge in [-0.3, -0.25) is 0 Å². The highest BCUT2D eigenvalue weighted by molar-refractivity contribution is 7.92. The monoisotopic (exact) mass is 537 g/mol. The second kappa shape index (κ2) is 9.79. The van der Waals surface area contributed by atoms with Crippen molar-refractivity contribution in [3.8, 4) is 11.1 Å². The Morgan fingerprint density at radius 2 is 1.76 bits per heavy atom. The quantitative estimate of drug-likeness (QED) is 0.297. The van der Waals surface area contributed by atoms with Crippen molar-refractivity contribution in [2.75, 3.05) is 18.0 Å². The number of benzene rings is 1. The molecule has 4 aromatic rings. The van der Waals surface area contributed by atoms with Gasteiger partial charge in [-0.1, -0.05) is 44.0 Å².